The maximum absolute atomic E-state index is 13.2. The van der Waals surface area contributed by atoms with E-state index in [1.54, 1.807) is 0 Å². The molecule has 0 aliphatic heterocycles. The van der Waals surface area contributed by atoms with E-state index in [0.717, 1.165) is 77.0 Å². The second-order valence-electron chi connectivity index (χ2n) is 12.6. The van der Waals surface area contributed by atoms with Crippen molar-refractivity contribution >= 4 is 34.6 Å². The molecule has 8 nitrogen and oxygen atoms in total. The first kappa shape index (κ1) is 38.8. The van der Waals surface area contributed by atoms with Crippen LogP contribution < -0.4 is 0 Å². The summed E-state index contributed by atoms with van der Waals surface area (Å²) in [6.07, 6.45) is 14.4. The van der Waals surface area contributed by atoms with Crippen molar-refractivity contribution in [2.75, 3.05) is 0 Å². The van der Waals surface area contributed by atoms with Crippen molar-refractivity contribution in [1.29, 1.82) is 0 Å². The molecule has 256 valence electrons. The fourth-order valence-electron chi connectivity index (χ4n) is 6.92. The number of carboxylic acids is 4. The lowest BCUT2D eigenvalue weighted by Crippen LogP contribution is -2.21. The number of benzene rings is 2. The summed E-state index contributed by atoms with van der Waals surface area (Å²) in [5.74, 6) is -5.41. The van der Waals surface area contributed by atoms with E-state index in [4.69, 9.17) is 0 Å². The van der Waals surface area contributed by atoms with Gasteiger partial charge in [0.15, 0.2) is 0 Å². The van der Waals surface area contributed by atoms with Crippen molar-refractivity contribution in [2.45, 2.75) is 156 Å². The Morgan fingerprint density at radius 2 is 0.543 bits per heavy atom. The van der Waals surface area contributed by atoms with Gasteiger partial charge in [0.1, 0.15) is 0 Å². The fraction of sp³-hybridized carbons (Fsp3) is 0.632. The molecule has 0 unspecified atom stereocenters. The molecule has 0 heterocycles. The van der Waals surface area contributed by atoms with E-state index in [0.29, 0.717) is 47.9 Å². The van der Waals surface area contributed by atoms with Gasteiger partial charge >= 0.3 is 23.9 Å². The first-order valence-electron chi connectivity index (χ1n) is 17.7. The van der Waals surface area contributed by atoms with E-state index in [1.165, 1.54) is 0 Å². The summed E-state index contributed by atoms with van der Waals surface area (Å²) in [5.41, 5.74) is 0.410. The van der Waals surface area contributed by atoms with Gasteiger partial charge in [0, 0.05) is 10.8 Å². The Morgan fingerprint density at radius 3 is 0.696 bits per heavy atom. The predicted molar refractivity (Wildman–Crippen MR) is 183 cm³/mol. The minimum atomic E-state index is -1.35. The molecule has 0 amide bonds. The lowest BCUT2D eigenvalue weighted by atomic mass is 9.77. The highest BCUT2D eigenvalue weighted by atomic mass is 16.4. The molecule has 0 aliphatic carbocycles. The Kier molecular flexibility index (Phi) is 16.8. The number of carbonyl (C=O) groups is 4. The second kappa shape index (κ2) is 20.0. The molecule has 2 aromatic carbocycles. The number of unbranched alkanes of at least 4 members (excludes halogenated alkanes) is 12. The first-order chi connectivity index (χ1) is 22.1. The van der Waals surface area contributed by atoms with Crippen molar-refractivity contribution in [3.8, 4) is 0 Å². The quantitative estimate of drug-likeness (QED) is 0.0828. The zero-order chi connectivity index (χ0) is 34.2. The molecule has 0 saturated heterocycles. The fourth-order valence-corrected chi connectivity index (χ4v) is 6.92. The van der Waals surface area contributed by atoms with E-state index >= 15 is 0 Å². The van der Waals surface area contributed by atoms with Crippen molar-refractivity contribution in [3.05, 3.63) is 44.5 Å². The third-order valence-corrected chi connectivity index (χ3v) is 9.16. The van der Waals surface area contributed by atoms with Crippen molar-refractivity contribution < 1.29 is 39.6 Å². The molecule has 0 aromatic heterocycles. The van der Waals surface area contributed by atoms with Crippen LogP contribution in [-0.4, -0.2) is 44.3 Å². The topological polar surface area (TPSA) is 149 Å². The van der Waals surface area contributed by atoms with Crippen LogP contribution in [0.4, 0.5) is 0 Å². The van der Waals surface area contributed by atoms with Gasteiger partial charge in [-0.15, -0.1) is 0 Å². The van der Waals surface area contributed by atoms with Crippen LogP contribution in [0.2, 0.25) is 0 Å². The summed E-state index contributed by atoms with van der Waals surface area (Å²) < 4.78 is 0. The second-order valence-corrected chi connectivity index (χ2v) is 12.6. The lowest BCUT2D eigenvalue weighted by molar-refractivity contribution is 0.0673. The van der Waals surface area contributed by atoms with E-state index in [2.05, 4.69) is 27.7 Å². The SMILES string of the molecule is CCCCCCc1c(CCCCCC)c(C(=O)O)c2c(C(=O)O)c(CCCCCC)c(CCCCCC)c(C(=O)O)c2c1C(=O)O. The highest BCUT2D eigenvalue weighted by Crippen LogP contribution is 2.42. The van der Waals surface area contributed by atoms with Crippen LogP contribution in [0.15, 0.2) is 0 Å². The van der Waals surface area contributed by atoms with Crippen molar-refractivity contribution in [2.24, 2.45) is 0 Å². The minimum absolute atomic E-state index is 0.236. The smallest absolute Gasteiger partial charge is 0.336 e. The maximum Gasteiger partial charge on any atom is 0.336 e. The molecule has 2 rings (SSSR count). The lowest BCUT2D eigenvalue weighted by Gasteiger charge is -2.25. The molecule has 0 aliphatic rings. The molecule has 46 heavy (non-hydrogen) atoms. The van der Waals surface area contributed by atoms with Crippen molar-refractivity contribution in [1.82, 2.24) is 0 Å². The van der Waals surface area contributed by atoms with Crippen LogP contribution in [0.1, 0.15) is 194 Å². The third-order valence-electron chi connectivity index (χ3n) is 9.16. The molecule has 0 bridgehead atoms. The third kappa shape index (κ3) is 9.79. The molecule has 2 aromatic rings. The zero-order valence-electron chi connectivity index (χ0n) is 28.6. The van der Waals surface area contributed by atoms with Gasteiger partial charge in [-0.05, 0) is 73.6 Å². The van der Waals surface area contributed by atoms with E-state index in [-0.39, 0.29) is 58.7 Å². The van der Waals surface area contributed by atoms with Crippen LogP contribution in [0.25, 0.3) is 10.8 Å². The number of hydrogen-bond donors (Lipinski definition) is 4. The van der Waals surface area contributed by atoms with Crippen LogP contribution in [0.5, 0.6) is 0 Å². The molecule has 0 atom stereocenters. The Labute approximate surface area is 274 Å². The first-order valence-corrected chi connectivity index (χ1v) is 17.7. The molecular weight excluding hydrogens is 584 g/mol. The van der Waals surface area contributed by atoms with Gasteiger partial charge in [0.25, 0.3) is 0 Å². The number of aromatic carboxylic acids is 4. The minimum Gasteiger partial charge on any atom is -0.478 e. The van der Waals surface area contributed by atoms with Gasteiger partial charge < -0.3 is 20.4 Å². The normalized spacial score (nSPS) is 11.3. The Morgan fingerprint density at radius 1 is 0.348 bits per heavy atom. The highest BCUT2D eigenvalue weighted by Gasteiger charge is 2.35. The molecule has 4 N–H and O–H groups in total. The largest absolute Gasteiger partial charge is 0.478 e. The summed E-state index contributed by atoms with van der Waals surface area (Å²) in [4.78, 5) is 53.0. The average molecular weight is 641 g/mol. The van der Waals surface area contributed by atoms with Crippen LogP contribution in [0, 0.1) is 0 Å². The molecule has 0 radical (unpaired) electrons. The van der Waals surface area contributed by atoms with Crippen LogP contribution in [-0.2, 0) is 25.7 Å². The van der Waals surface area contributed by atoms with Gasteiger partial charge in [-0.1, -0.05) is 105 Å². The number of rotatable bonds is 24. The molecule has 0 spiro atoms. The standard InChI is InChI=1S/C38H56O8/c1-5-9-13-17-21-25-26(22-18-14-10-6-2)30(36(41)42)34-32(38(45)46)28(24-20-16-12-8-4)27(23-19-15-11-7-3)31(37(43)44)33(34)29(25)35(39)40/h5-24H2,1-4H3,(H,39,40)(H,41,42)(H,43,44)(H,45,46). The summed E-state index contributed by atoms with van der Waals surface area (Å²) in [6, 6.07) is 0. The molecule has 8 heteroatoms. The summed E-state index contributed by atoms with van der Waals surface area (Å²) >= 11 is 0. The highest BCUT2D eigenvalue weighted by molar-refractivity contribution is 6.24. The molecule has 0 fully saturated rings. The number of carboxylic acid groups (broad SMARTS) is 4. The monoisotopic (exact) mass is 640 g/mol. The van der Waals surface area contributed by atoms with Crippen molar-refractivity contribution in [3.63, 3.8) is 0 Å². The van der Waals surface area contributed by atoms with Crippen LogP contribution in [0.3, 0.4) is 0 Å². The molecule has 0 saturated carbocycles. The van der Waals surface area contributed by atoms with Gasteiger partial charge in [-0.3, -0.25) is 0 Å². The van der Waals surface area contributed by atoms with Gasteiger partial charge in [-0.2, -0.15) is 0 Å². The van der Waals surface area contributed by atoms with E-state index < -0.39 is 23.9 Å². The van der Waals surface area contributed by atoms with Crippen LogP contribution >= 0.6 is 0 Å². The van der Waals surface area contributed by atoms with E-state index in [9.17, 15) is 39.6 Å². The van der Waals surface area contributed by atoms with Gasteiger partial charge in [0.05, 0.1) is 22.3 Å². The average Bonchev–Trinajstić information content (AvgIpc) is 3.00. The summed E-state index contributed by atoms with van der Waals surface area (Å²) in [6.45, 7) is 8.26. The van der Waals surface area contributed by atoms with Gasteiger partial charge in [-0.25, -0.2) is 19.2 Å². The maximum atomic E-state index is 13.2. The van der Waals surface area contributed by atoms with E-state index in [1.807, 2.05) is 0 Å². The number of fused-ring (bicyclic) bond motifs is 1. The Bertz CT molecular complexity index is 1160. The molecular formula is C38H56O8. The summed E-state index contributed by atoms with van der Waals surface area (Å²) in [7, 11) is 0. The predicted octanol–water partition coefficient (Wildman–Crippen LogP) is 10.1. The Hall–Kier alpha value is -3.42. The van der Waals surface area contributed by atoms with Gasteiger partial charge in [0.2, 0.25) is 0 Å². The zero-order valence-corrected chi connectivity index (χ0v) is 28.6. The Balaban J connectivity index is 3.25. The summed E-state index contributed by atoms with van der Waals surface area (Å²) in [5, 5.41) is 42.7. The number of hydrogen-bond acceptors (Lipinski definition) is 4.